The molecule has 106 valence electrons. The zero-order chi connectivity index (χ0) is 13.8. The number of carbonyl (C=O) groups excluding carboxylic acids is 1. The van der Waals surface area contributed by atoms with Crippen LogP contribution in [0.2, 0.25) is 0 Å². The van der Waals surface area contributed by atoms with Gasteiger partial charge in [-0.1, -0.05) is 40.5 Å². The van der Waals surface area contributed by atoms with Crippen molar-refractivity contribution in [3.63, 3.8) is 0 Å². The summed E-state index contributed by atoms with van der Waals surface area (Å²) in [5.41, 5.74) is 6.05. The van der Waals surface area contributed by atoms with E-state index in [0.717, 1.165) is 32.1 Å². The Kier molecular flexibility index (Phi) is 5.64. The second kappa shape index (κ2) is 6.55. The number of nitrogens with two attached hydrogens (primary N) is 1. The highest BCUT2D eigenvalue weighted by Crippen LogP contribution is 2.44. The van der Waals surface area contributed by atoms with Gasteiger partial charge in [-0.05, 0) is 30.6 Å². The van der Waals surface area contributed by atoms with Gasteiger partial charge in [-0.15, -0.1) is 0 Å². The Morgan fingerprint density at radius 2 is 2.00 bits per heavy atom. The van der Waals surface area contributed by atoms with E-state index in [1.165, 1.54) is 0 Å². The second-order valence-electron chi connectivity index (χ2n) is 6.28. The van der Waals surface area contributed by atoms with Crippen molar-refractivity contribution < 1.29 is 9.53 Å². The molecule has 0 spiro atoms. The van der Waals surface area contributed by atoms with Gasteiger partial charge in [-0.3, -0.25) is 4.79 Å². The lowest BCUT2D eigenvalue weighted by atomic mass is 9.61. The van der Waals surface area contributed by atoms with Gasteiger partial charge < -0.3 is 10.5 Å². The van der Waals surface area contributed by atoms with E-state index in [-0.39, 0.29) is 23.3 Å². The topological polar surface area (TPSA) is 52.3 Å². The second-order valence-corrected chi connectivity index (χ2v) is 6.28. The molecule has 1 rings (SSSR count). The number of hydrogen-bond acceptors (Lipinski definition) is 3. The zero-order valence-corrected chi connectivity index (χ0v) is 12.4. The lowest BCUT2D eigenvalue weighted by Gasteiger charge is -2.45. The Bertz CT molecular complexity index is 276. The lowest BCUT2D eigenvalue weighted by Crippen LogP contribution is -2.49. The summed E-state index contributed by atoms with van der Waals surface area (Å²) in [7, 11) is 0. The van der Waals surface area contributed by atoms with Crippen molar-refractivity contribution in [2.75, 3.05) is 6.61 Å². The molecule has 0 amide bonds. The van der Waals surface area contributed by atoms with E-state index in [9.17, 15) is 4.79 Å². The van der Waals surface area contributed by atoms with Gasteiger partial charge in [0.1, 0.15) is 0 Å². The summed E-state index contributed by atoms with van der Waals surface area (Å²) < 4.78 is 5.42. The molecule has 0 bridgehead atoms. The van der Waals surface area contributed by atoms with E-state index in [2.05, 4.69) is 27.7 Å². The zero-order valence-electron chi connectivity index (χ0n) is 12.4. The Balaban J connectivity index is 2.51. The van der Waals surface area contributed by atoms with E-state index in [1.54, 1.807) is 0 Å². The predicted molar refractivity (Wildman–Crippen MR) is 74.1 cm³/mol. The van der Waals surface area contributed by atoms with Gasteiger partial charge in [0.05, 0.1) is 12.5 Å². The quantitative estimate of drug-likeness (QED) is 0.606. The van der Waals surface area contributed by atoms with Crippen LogP contribution in [0.15, 0.2) is 0 Å². The fraction of sp³-hybridized carbons (Fsp3) is 0.933. The summed E-state index contributed by atoms with van der Waals surface area (Å²) in [5.74, 6) is 0.350. The predicted octanol–water partition coefficient (Wildman–Crippen LogP) is 3.12. The molecule has 3 unspecified atom stereocenters. The van der Waals surface area contributed by atoms with Crippen molar-refractivity contribution in [2.24, 2.45) is 23.0 Å². The van der Waals surface area contributed by atoms with Crippen LogP contribution in [0.25, 0.3) is 0 Å². The number of esters is 1. The highest BCUT2D eigenvalue weighted by molar-refractivity contribution is 5.73. The summed E-state index contributed by atoms with van der Waals surface area (Å²) >= 11 is 0. The highest BCUT2D eigenvalue weighted by atomic mass is 16.5. The maximum atomic E-state index is 12.2. The van der Waals surface area contributed by atoms with Gasteiger partial charge in [-0.2, -0.15) is 0 Å². The Morgan fingerprint density at radius 3 is 2.61 bits per heavy atom. The first-order valence-electron chi connectivity index (χ1n) is 7.33. The molecule has 1 aliphatic rings. The minimum Gasteiger partial charge on any atom is -0.465 e. The molecular formula is C15H29NO2. The molecule has 3 atom stereocenters. The first-order chi connectivity index (χ1) is 8.41. The third-order valence-electron chi connectivity index (χ3n) is 4.78. The van der Waals surface area contributed by atoms with Crippen LogP contribution in [0.3, 0.4) is 0 Å². The SMILES string of the molecule is CCCCCOC(=O)C1CCC(N)C(C)C1(C)C. The van der Waals surface area contributed by atoms with Gasteiger partial charge in [0.15, 0.2) is 0 Å². The molecule has 0 saturated heterocycles. The number of carbonyl (C=O) groups is 1. The maximum Gasteiger partial charge on any atom is 0.309 e. The molecule has 0 aromatic rings. The Labute approximate surface area is 111 Å². The van der Waals surface area contributed by atoms with Gasteiger partial charge in [0.2, 0.25) is 0 Å². The average Bonchev–Trinajstić information content (AvgIpc) is 2.31. The summed E-state index contributed by atoms with van der Waals surface area (Å²) in [6.07, 6.45) is 5.05. The molecule has 1 saturated carbocycles. The van der Waals surface area contributed by atoms with Crippen LogP contribution >= 0.6 is 0 Å². The summed E-state index contributed by atoms with van der Waals surface area (Å²) in [5, 5.41) is 0. The molecule has 3 nitrogen and oxygen atoms in total. The molecule has 1 aliphatic carbocycles. The maximum absolute atomic E-state index is 12.2. The summed E-state index contributed by atoms with van der Waals surface area (Å²) in [4.78, 5) is 12.2. The minimum absolute atomic E-state index is 0.00827. The van der Waals surface area contributed by atoms with E-state index in [1.807, 2.05) is 0 Å². The van der Waals surface area contributed by atoms with Crippen LogP contribution < -0.4 is 5.73 Å². The summed E-state index contributed by atoms with van der Waals surface area (Å²) in [6.45, 7) is 9.17. The molecule has 2 N–H and O–H groups in total. The number of rotatable bonds is 5. The smallest absolute Gasteiger partial charge is 0.309 e. The van der Waals surface area contributed by atoms with Crippen molar-refractivity contribution in [2.45, 2.75) is 65.8 Å². The third kappa shape index (κ3) is 3.47. The molecule has 0 heterocycles. The van der Waals surface area contributed by atoms with E-state index in [0.29, 0.717) is 12.5 Å². The largest absolute Gasteiger partial charge is 0.465 e. The molecular weight excluding hydrogens is 226 g/mol. The van der Waals surface area contributed by atoms with Crippen LogP contribution in [-0.4, -0.2) is 18.6 Å². The molecule has 0 aromatic carbocycles. The van der Waals surface area contributed by atoms with Crippen molar-refractivity contribution in [1.82, 2.24) is 0 Å². The van der Waals surface area contributed by atoms with Crippen LogP contribution in [0.5, 0.6) is 0 Å². The van der Waals surface area contributed by atoms with Gasteiger partial charge in [-0.25, -0.2) is 0 Å². The Hall–Kier alpha value is -0.570. The van der Waals surface area contributed by atoms with Crippen LogP contribution in [0, 0.1) is 17.3 Å². The van der Waals surface area contributed by atoms with E-state index in [4.69, 9.17) is 10.5 Å². The van der Waals surface area contributed by atoms with Gasteiger partial charge >= 0.3 is 5.97 Å². The number of ether oxygens (including phenoxy) is 1. The van der Waals surface area contributed by atoms with E-state index < -0.39 is 0 Å². The van der Waals surface area contributed by atoms with Crippen molar-refractivity contribution >= 4 is 5.97 Å². The first-order valence-corrected chi connectivity index (χ1v) is 7.33. The summed E-state index contributed by atoms with van der Waals surface area (Å²) in [6, 6.07) is 0.212. The van der Waals surface area contributed by atoms with Gasteiger partial charge in [0.25, 0.3) is 0 Å². The third-order valence-corrected chi connectivity index (χ3v) is 4.78. The number of unbranched alkanes of at least 4 members (excludes halogenated alkanes) is 2. The van der Waals surface area contributed by atoms with E-state index >= 15 is 0 Å². The molecule has 3 heteroatoms. The van der Waals surface area contributed by atoms with Crippen LogP contribution in [-0.2, 0) is 9.53 Å². The van der Waals surface area contributed by atoms with Crippen LogP contribution in [0.1, 0.15) is 59.8 Å². The van der Waals surface area contributed by atoms with Crippen LogP contribution in [0.4, 0.5) is 0 Å². The minimum atomic E-state index is -0.0560. The van der Waals surface area contributed by atoms with Crippen molar-refractivity contribution in [3.05, 3.63) is 0 Å². The average molecular weight is 255 g/mol. The fourth-order valence-corrected chi connectivity index (χ4v) is 2.90. The van der Waals surface area contributed by atoms with Crippen molar-refractivity contribution in [3.8, 4) is 0 Å². The normalized spacial score (nSPS) is 31.1. The molecule has 0 aromatic heterocycles. The number of hydrogen-bond donors (Lipinski definition) is 1. The van der Waals surface area contributed by atoms with Gasteiger partial charge in [0, 0.05) is 6.04 Å². The monoisotopic (exact) mass is 255 g/mol. The molecule has 0 radical (unpaired) electrons. The van der Waals surface area contributed by atoms with Crippen molar-refractivity contribution in [1.29, 1.82) is 0 Å². The Morgan fingerprint density at radius 1 is 1.33 bits per heavy atom. The standard InChI is InChI=1S/C15H29NO2/c1-5-6-7-10-18-14(17)12-8-9-13(16)11(2)15(12,3)4/h11-13H,5-10,16H2,1-4H3. The molecule has 18 heavy (non-hydrogen) atoms. The fourth-order valence-electron chi connectivity index (χ4n) is 2.90. The molecule has 0 aliphatic heterocycles. The highest BCUT2D eigenvalue weighted by Gasteiger charge is 2.45. The lowest BCUT2D eigenvalue weighted by molar-refractivity contribution is -0.157. The molecule has 1 fully saturated rings. The first kappa shape index (κ1) is 15.5.